The number of amides is 1. The number of anilines is 4. The molecule has 4 aromatic rings. The molecule has 1 unspecified atom stereocenters. The summed E-state index contributed by atoms with van der Waals surface area (Å²) in [5, 5.41) is 29.4. The number of nitrogens with zero attached hydrogens (tertiary/aromatic N) is 6. The van der Waals surface area contributed by atoms with Crippen molar-refractivity contribution in [3.05, 3.63) is 55.0 Å². The number of aliphatic hydroxyl groups excluding tert-OH is 2. The van der Waals surface area contributed by atoms with Crippen LogP contribution in [-0.4, -0.2) is 92.3 Å². The highest BCUT2D eigenvalue weighted by Gasteiger charge is 2.16. The number of likely N-dealkylation sites (tertiary alicyclic amines) is 1. The number of nitrogens with one attached hydrogen (secondary N) is 3. The van der Waals surface area contributed by atoms with Gasteiger partial charge in [0.15, 0.2) is 5.65 Å². The molecular weight excluding hydrogens is 550 g/mol. The van der Waals surface area contributed by atoms with E-state index < -0.39 is 22.7 Å². The van der Waals surface area contributed by atoms with Gasteiger partial charge in [-0.25, -0.2) is 23.1 Å². The Hall–Kier alpha value is -4.18. The molecule has 0 saturated carbocycles. The van der Waals surface area contributed by atoms with Crippen LogP contribution in [0.3, 0.4) is 0 Å². The van der Waals surface area contributed by atoms with Crippen molar-refractivity contribution in [2.45, 2.75) is 25.4 Å². The molecular formula is C26H31N9O5S. The topological polar surface area (TPSA) is 187 Å². The third-order valence-electron chi connectivity index (χ3n) is 6.48. The normalized spacial score (nSPS) is 14.7. The molecule has 216 valence electrons. The molecule has 1 aliphatic rings. The fraction of sp³-hybridized carbons (Fsp3) is 0.346. The third-order valence-corrected chi connectivity index (χ3v) is 7.77. The predicted octanol–water partition coefficient (Wildman–Crippen LogP) is 1.47. The van der Waals surface area contributed by atoms with Crippen molar-refractivity contribution in [3.63, 3.8) is 0 Å². The Labute approximate surface area is 236 Å². The van der Waals surface area contributed by atoms with Gasteiger partial charge in [0.25, 0.3) is 0 Å². The van der Waals surface area contributed by atoms with Crippen LogP contribution in [0.5, 0.6) is 0 Å². The van der Waals surface area contributed by atoms with E-state index in [1.807, 2.05) is 24.3 Å². The Morgan fingerprint density at radius 3 is 2.46 bits per heavy atom. The average molecular weight is 582 g/mol. The number of carbonyl (C=O) groups is 1. The summed E-state index contributed by atoms with van der Waals surface area (Å²) in [6, 6.07) is 10.4. The van der Waals surface area contributed by atoms with Crippen LogP contribution in [0.15, 0.2) is 55.0 Å². The maximum Gasteiger partial charge on any atom is 0.238 e. The smallest absolute Gasteiger partial charge is 0.238 e. The van der Waals surface area contributed by atoms with Gasteiger partial charge >= 0.3 is 0 Å². The third kappa shape index (κ3) is 7.52. The summed E-state index contributed by atoms with van der Waals surface area (Å²) < 4.78 is 28.3. The molecule has 14 nitrogen and oxygen atoms in total. The van der Waals surface area contributed by atoms with Gasteiger partial charge in [0.05, 0.1) is 54.2 Å². The highest BCUT2D eigenvalue weighted by atomic mass is 32.2. The lowest BCUT2D eigenvalue weighted by Crippen LogP contribution is -2.30. The summed E-state index contributed by atoms with van der Waals surface area (Å²) in [7, 11) is -3.74. The molecule has 4 heterocycles. The van der Waals surface area contributed by atoms with Crippen LogP contribution in [0.4, 0.5) is 23.1 Å². The summed E-state index contributed by atoms with van der Waals surface area (Å²) in [6.07, 6.45) is 5.80. The molecule has 15 heteroatoms. The number of aromatic nitrogens is 5. The minimum absolute atomic E-state index is 0.0366. The molecule has 0 radical (unpaired) electrons. The maximum absolute atomic E-state index is 12.3. The lowest BCUT2D eigenvalue weighted by molar-refractivity contribution is -0.117. The second-order valence-electron chi connectivity index (χ2n) is 9.71. The lowest BCUT2D eigenvalue weighted by atomic mass is 10.2. The molecule has 5 rings (SSSR count). The van der Waals surface area contributed by atoms with Crippen molar-refractivity contribution >= 4 is 50.1 Å². The number of hydrogen-bond donors (Lipinski definition) is 5. The zero-order chi connectivity index (χ0) is 28.8. The van der Waals surface area contributed by atoms with Crippen LogP contribution < -0.4 is 15.4 Å². The molecule has 1 fully saturated rings. The van der Waals surface area contributed by atoms with Crippen molar-refractivity contribution in [1.82, 2.24) is 29.6 Å². The first kappa shape index (κ1) is 28.4. The van der Waals surface area contributed by atoms with Crippen LogP contribution >= 0.6 is 0 Å². The summed E-state index contributed by atoms with van der Waals surface area (Å²) in [4.78, 5) is 27.5. The summed E-state index contributed by atoms with van der Waals surface area (Å²) in [6.45, 7) is 1.80. The van der Waals surface area contributed by atoms with Gasteiger partial charge in [0.2, 0.25) is 21.9 Å². The number of pyridine rings is 1. The molecule has 0 bridgehead atoms. The van der Waals surface area contributed by atoms with Crippen LogP contribution in [0.25, 0.3) is 16.7 Å². The fourth-order valence-electron chi connectivity index (χ4n) is 4.35. The molecule has 0 aliphatic carbocycles. The van der Waals surface area contributed by atoms with Gasteiger partial charge < -0.3 is 20.8 Å². The average Bonchev–Trinajstić information content (AvgIpc) is 3.63. The fourth-order valence-corrected chi connectivity index (χ4v) is 5.47. The minimum atomic E-state index is -3.74. The van der Waals surface area contributed by atoms with Gasteiger partial charge in [-0.2, -0.15) is 10.1 Å². The molecule has 1 aliphatic heterocycles. The van der Waals surface area contributed by atoms with E-state index in [0.29, 0.717) is 23.6 Å². The van der Waals surface area contributed by atoms with Gasteiger partial charge in [0.1, 0.15) is 5.82 Å². The zero-order valence-electron chi connectivity index (χ0n) is 22.1. The molecule has 1 amide bonds. The van der Waals surface area contributed by atoms with E-state index in [-0.39, 0.29) is 29.8 Å². The van der Waals surface area contributed by atoms with Gasteiger partial charge in [0, 0.05) is 11.9 Å². The molecule has 1 atom stereocenters. The Kier molecular flexibility index (Phi) is 8.68. The largest absolute Gasteiger partial charge is 0.394 e. The van der Waals surface area contributed by atoms with E-state index in [0.717, 1.165) is 37.0 Å². The molecule has 1 saturated heterocycles. The second kappa shape index (κ2) is 12.6. The number of sulfonamides is 1. The van der Waals surface area contributed by atoms with Gasteiger partial charge in [-0.1, -0.05) is 0 Å². The lowest BCUT2D eigenvalue weighted by Gasteiger charge is -2.14. The van der Waals surface area contributed by atoms with E-state index in [1.54, 1.807) is 23.1 Å². The molecule has 3 aromatic heterocycles. The number of rotatable bonds is 12. The second-order valence-corrected chi connectivity index (χ2v) is 11.6. The van der Waals surface area contributed by atoms with E-state index in [9.17, 15) is 18.3 Å². The Balaban J connectivity index is 1.23. The standard InChI is InChI=1S/C26H31N9O5S/c36-17-22(37)9-12-41(39,40)33-23-8-5-20(15-27-23)31-26-28-13-18-14-29-35(25(18)32-26)21-6-3-19(4-7-21)30-24(38)16-34-10-1-2-11-34/h3-8,13-15,22,36-37H,1-2,9-12,16-17H2,(H,27,33)(H,30,38)(H,28,31,32). The van der Waals surface area contributed by atoms with E-state index in [2.05, 4.69) is 40.3 Å². The Morgan fingerprint density at radius 2 is 1.76 bits per heavy atom. The monoisotopic (exact) mass is 581 g/mol. The number of benzene rings is 1. The number of aliphatic hydroxyl groups is 2. The number of fused-ring (bicyclic) bond motifs is 1. The van der Waals surface area contributed by atoms with E-state index >= 15 is 0 Å². The van der Waals surface area contributed by atoms with Crippen LogP contribution in [-0.2, 0) is 14.8 Å². The van der Waals surface area contributed by atoms with Gasteiger partial charge in [-0.05, 0) is 68.8 Å². The van der Waals surface area contributed by atoms with E-state index in [1.165, 1.54) is 12.3 Å². The number of hydrogen-bond acceptors (Lipinski definition) is 11. The molecule has 41 heavy (non-hydrogen) atoms. The maximum atomic E-state index is 12.3. The SMILES string of the molecule is O=C(CN1CCCC1)Nc1ccc(-n2ncc3cnc(Nc4ccc(NS(=O)(=O)CCC(O)CO)nc4)nc32)cc1. The first-order chi connectivity index (χ1) is 19.8. The van der Waals surface area contributed by atoms with Crippen molar-refractivity contribution in [1.29, 1.82) is 0 Å². The first-order valence-electron chi connectivity index (χ1n) is 13.1. The van der Waals surface area contributed by atoms with E-state index in [4.69, 9.17) is 5.11 Å². The van der Waals surface area contributed by atoms with Crippen molar-refractivity contribution in [2.75, 3.05) is 47.3 Å². The quantitative estimate of drug-likeness (QED) is 0.163. The molecule has 1 aromatic carbocycles. The highest BCUT2D eigenvalue weighted by Crippen LogP contribution is 2.21. The van der Waals surface area contributed by atoms with Crippen LogP contribution in [0, 0.1) is 0 Å². The van der Waals surface area contributed by atoms with Crippen molar-refractivity contribution < 1.29 is 23.4 Å². The Morgan fingerprint density at radius 1 is 1.00 bits per heavy atom. The first-order valence-corrected chi connectivity index (χ1v) is 14.8. The number of carbonyl (C=O) groups excluding carboxylic acids is 1. The zero-order valence-corrected chi connectivity index (χ0v) is 23.0. The van der Waals surface area contributed by atoms with Crippen LogP contribution in [0.2, 0.25) is 0 Å². The molecule has 0 spiro atoms. The highest BCUT2D eigenvalue weighted by molar-refractivity contribution is 7.92. The van der Waals surface area contributed by atoms with Gasteiger partial charge in [-0.3, -0.25) is 14.4 Å². The molecule has 5 N–H and O–H groups in total. The summed E-state index contributed by atoms with van der Waals surface area (Å²) >= 11 is 0. The van der Waals surface area contributed by atoms with Crippen molar-refractivity contribution in [2.24, 2.45) is 0 Å². The summed E-state index contributed by atoms with van der Waals surface area (Å²) in [5.74, 6) is 0.0106. The van der Waals surface area contributed by atoms with Crippen molar-refractivity contribution in [3.8, 4) is 5.69 Å². The summed E-state index contributed by atoms with van der Waals surface area (Å²) in [5.41, 5.74) is 2.55. The minimum Gasteiger partial charge on any atom is -0.394 e. The Bertz CT molecular complexity index is 1590. The van der Waals surface area contributed by atoms with Gasteiger partial charge in [-0.15, -0.1) is 0 Å². The van der Waals surface area contributed by atoms with Crippen LogP contribution in [0.1, 0.15) is 19.3 Å². The predicted molar refractivity (Wildman–Crippen MR) is 154 cm³/mol.